The Kier molecular flexibility index (Phi) is 6.01. The standard InChI is InChI=1S/C20H25N3O2/c1-25-19-9-7-18(8-10-19)23-15-13-22(14-16-23)12-11-20(21-24)17-5-3-2-4-6-17/h2-10,20H,11-16H2,1H3. The number of ether oxygens (including phenoxy) is 1. The number of hydrogen-bond acceptors (Lipinski definition) is 5. The van der Waals surface area contributed by atoms with E-state index in [9.17, 15) is 4.91 Å². The van der Waals surface area contributed by atoms with Gasteiger partial charge in [-0.15, -0.1) is 0 Å². The van der Waals surface area contributed by atoms with Crippen LogP contribution in [0.15, 0.2) is 59.8 Å². The molecule has 1 atom stereocenters. The zero-order valence-electron chi connectivity index (χ0n) is 14.7. The first kappa shape index (κ1) is 17.4. The molecule has 3 rings (SSSR count). The molecule has 5 nitrogen and oxygen atoms in total. The number of benzene rings is 2. The molecule has 1 heterocycles. The van der Waals surface area contributed by atoms with Crippen LogP contribution in [0.1, 0.15) is 18.0 Å². The third kappa shape index (κ3) is 4.57. The first-order valence-corrected chi connectivity index (χ1v) is 8.79. The molecule has 1 saturated heterocycles. The van der Waals surface area contributed by atoms with E-state index in [1.807, 2.05) is 42.5 Å². The molecule has 0 aliphatic carbocycles. The number of methoxy groups -OCH3 is 1. The average molecular weight is 339 g/mol. The number of hydrogen-bond donors (Lipinski definition) is 0. The molecule has 0 saturated carbocycles. The second-order valence-corrected chi connectivity index (χ2v) is 6.35. The van der Waals surface area contributed by atoms with Crippen molar-refractivity contribution in [2.75, 3.05) is 44.7 Å². The fourth-order valence-corrected chi connectivity index (χ4v) is 3.28. The zero-order chi connectivity index (χ0) is 17.5. The second kappa shape index (κ2) is 8.62. The van der Waals surface area contributed by atoms with Crippen molar-refractivity contribution in [2.24, 2.45) is 5.18 Å². The lowest BCUT2D eigenvalue weighted by Gasteiger charge is -2.36. The largest absolute Gasteiger partial charge is 0.497 e. The molecule has 1 aliphatic heterocycles. The monoisotopic (exact) mass is 339 g/mol. The Hall–Kier alpha value is -2.40. The van der Waals surface area contributed by atoms with Crippen molar-refractivity contribution in [1.29, 1.82) is 0 Å². The normalized spacial score (nSPS) is 16.4. The summed E-state index contributed by atoms with van der Waals surface area (Å²) in [5, 5.41) is 3.32. The fourth-order valence-electron chi connectivity index (χ4n) is 3.28. The van der Waals surface area contributed by atoms with Crippen LogP contribution in [-0.2, 0) is 0 Å². The summed E-state index contributed by atoms with van der Waals surface area (Å²) < 4.78 is 5.21. The third-order valence-corrected chi connectivity index (χ3v) is 4.84. The molecule has 2 aromatic carbocycles. The van der Waals surface area contributed by atoms with Gasteiger partial charge in [-0.1, -0.05) is 35.5 Å². The van der Waals surface area contributed by atoms with Crippen LogP contribution in [0.3, 0.4) is 0 Å². The predicted molar refractivity (Wildman–Crippen MR) is 101 cm³/mol. The topological polar surface area (TPSA) is 45.1 Å². The van der Waals surface area contributed by atoms with Crippen molar-refractivity contribution in [3.8, 4) is 5.75 Å². The van der Waals surface area contributed by atoms with E-state index in [4.69, 9.17) is 4.74 Å². The number of rotatable bonds is 7. The third-order valence-electron chi connectivity index (χ3n) is 4.84. The molecule has 5 heteroatoms. The Morgan fingerprint density at radius 2 is 1.68 bits per heavy atom. The Morgan fingerprint density at radius 3 is 2.28 bits per heavy atom. The van der Waals surface area contributed by atoms with Gasteiger partial charge in [-0.2, -0.15) is 4.91 Å². The summed E-state index contributed by atoms with van der Waals surface area (Å²) in [6, 6.07) is 17.8. The van der Waals surface area contributed by atoms with Crippen molar-refractivity contribution in [3.05, 3.63) is 65.1 Å². The van der Waals surface area contributed by atoms with Crippen molar-refractivity contribution in [2.45, 2.75) is 12.5 Å². The van der Waals surface area contributed by atoms with Gasteiger partial charge >= 0.3 is 0 Å². The van der Waals surface area contributed by atoms with E-state index in [1.54, 1.807) is 7.11 Å². The summed E-state index contributed by atoms with van der Waals surface area (Å²) in [6.07, 6.45) is 0.774. The van der Waals surface area contributed by atoms with Crippen molar-refractivity contribution in [1.82, 2.24) is 4.90 Å². The van der Waals surface area contributed by atoms with Crippen LogP contribution in [0.25, 0.3) is 0 Å². The molecule has 1 aliphatic rings. The van der Waals surface area contributed by atoms with Crippen LogP contribution in [0.4, 0.5) is 5.69 Å². The van der Waals surface area contributed by atoms with Gasteiger partial charge in [0.15, 0.2) is 0 Å². The van der Waals surface area contributed by atoms with E-state index in [-0.39, 0.29) is 6.04 Å². The van der Waals surface area contributed by atoms with Crippen LogP contribution < -0.4 is 9.64 Å². The quantitative estimate of drug-likeness (QED) is 0.721. The summed E-state index contributed by atoms with van der Waals surface area (Å²) >= 11 is 0. The Balaban J connectivity index is 1.48. The van der Waals surface area contributed by atoms with Gasteiger partial charge in [0.05, 0.1) is 7.11 Å². The molecule has 0 N–H and O–H groups in total. The van der Waals surface area contributed by atoms with Crippen LogP contribution in [0, 0.1) is 4.91 Å². The summed E-state index contributed by atoms with van der Waals surface area (Å²) in [4.78, 5) is 16.0. The van der Waals surface area contributed by atoms with Gasteiger partial charge in [0, 0.05) is 38.4 Å². The summed E-state index contributed by atoms with van der Waals surface area (Å²) in [5.74, 6) is 0.885. The molecule has 0 radical (unpaired) electrons. The van der Waals surface area contributed by atoms with E-state index >= 15 is 0 Å². The van der Waals surface area contributed by atoms with E-state index in [0.717, 1.165) is 50.5 Å². The number of nitrogens with zero attached hydrogens (tertiary/aromatic N) is 3. The highest BCUT2D eigenvalue weighted by Gasteiger charge is 2.19. The highest BCUT2D eigenvalue weighted by Crippen LogP contribution is 2.23. The first-order valence-electron chi connectivity index (χ1n) is 8.79. The van der Waals surface area contributed by atoms with E-state index in [2.05, 4.69) is 27.1 Å². The number of piperazine rings is 1. The molecule has 1 unspecified atom stereocenters. The Bertz CT molecular complexity index is 652. The van der Waals surface area contributed by atoms with Gasteiger partial charge in [-0.3, -0.25) is 4.90 Å². The first-order chi connectivity index (χ1) is 12.3. The van der Waals surface area contributed by atoms with Crippen LogP contribution in [0.2, 0.25) is 0 Å². The lowest BCUT2D eigenvalue weighted by Crippen LogP contribution is -2.46. The smallest absolute Gasteiger partial charge is 0.119 e. The molecule has 132 valence electrons. The SMILES string of the molecule is COc1ccc(N2CCN(CCC(N=O)c3ccccc3)CC2)cc1. The highest BCUT2D eigenvalue weighted by molar-refractivity contribution is 5.49. The molecule has 0 spiro atoms. The summed E-state index contributed by atoms with van der Waals surface area (Å²) in [6.45, 7) is 4.91. The van der Waals surface area contributed by atoms with E-state index in [1.165, 1.54) is 5.69 Å². The van der Waals surface area contributed by atoms with Crippen LogP contribution >= 0.6 is 0 Å². The molecule has 0 bridgehead atoms. The Morgan fingerprint density at radius 1 is 1.00 bits per heavy atom. The number of anilines is 1. The van der Waals surface area contributed by atoms with Gasteiger partial charge < -0.3 is 9.64 Å². The van der Waals surface area contributed by atoms with Gasteiger partial charge in [0.1, 0.15) is 11.8 Å². The molecule has 25 heavy (non-hydrogen) atoms. The molecular weight excluding hydrogens is 314 g/mol. The minimum atomic E-state index is -0.249. The summed E-state index contributed by atoms with van der Waals surface area (Å²) in [7, 11) is 1.69. The second-order valence-electron chi connectivity index (χ2n) is 6.35. The van der Waals surface area contributed by atoms with Crippen molar-refractivity contribution < 1.29 is 4.74 Å². The average Bonchev–Trinajstić information content (AvgIpc) is 2.70. The molecule has 2 aromatic rings. The van der Waals surface area contributed by atoms with E-state index < -0.39 is 0 Å². The molecule has 0 amide bonds. The van der Waals surface area contributed by atoms with Crippen LogP contribution in [0.5, 0.6) is 5.75 Å². The lowest BCUT2D eigenvalue weighted by molar-refractivity contribution is 0.248. The molecule has 1 fully saturated rings. The minimum absolute atomic E-state index is 0.249. The predicted octanol–water partition coefficient (Wildman–Crippen LogP) is 3.72. The minimum Gasteiger partial charge on any atom is -0.497 e. The zero-order valence-corrected chi connectivity index (χ0v) is 14.7. The lowest BCUT2D eigenvalue weighted by atomic mass is 10.0. The fraction of sp³-hybridized carbons (Fsp3) is 0.400. The molecular formula is C20H25N3O2. The maximum absolute atomic E-state index is 11.2. The van der Waals surface area contributed by atoms with Crippen molar-refractivity contribution >= 4 is 5.69 Å². The maximum atomic E-state index is 11.2. The maximum Gasteiger partial charge on any atom is 0.119 e. The number of nitroso groups, excluding NO2 is 1. The van der Waals surface area contributed by atoms with Gasteiger partial charge in [0.2, 0.25) is 0 Å². The highest BCUT2D eigenvalue weighted by atomic mass is 16.5. The van der Waals surface area contributed by atoms with Crippen LogP contribution in [-0.4, -0.2) is 44.7 Å². The van der Waals surface area contributed by atoms with E-state index in [0.29, 0.717) is 0 Å². The van der Waals surface area contributed by atoms with Gasteiger partial charge in [-0.25, -0.2) is 0 Å². The Labute approximate surface area is 149 Å². The van der Waals surface area contributed by atoms with Gasteiger partial charge in [0.25, 0.3) is 0 Å². The van der Waals surface area contributed by atoms with Crippen molar-refractivity contribution in [3.63, 3.8) is 0 Å². The summed E-state index contributed by atoms with van der Waals surface area (Å²) in [5.41, 5.74) is 2.24. The van der Waals surface area contributed by atoms with Gasteiger partial charge in [-0.05, 0) is 36.2 Å². The molecule has 0 aromatic heterocycles.